The topological polar surface area (TPSA) is 159 Å². The SMILES string of the molecule is Cn1cc(-c2cnc(N(C(=O)NCc3ccccc3)C3CCC(Nc4ncc(C#N)c(NC5COC5)n4)CC3)cn2)cn1. The molecule has 2 fully saturated rings. The Kier molecular flexibility index (Phi) is 8.37. The van der Waals surface area contributed by atoms with E-state index >= 15 is 0 Å². The highest BCUT2D eigenvalue weighted by molar-refractivity contribution is 5.91. The van der Waals surface area contributed by atoms with Crippen molar-refractivity contribution in [3.63, 3.8) is 0 Å². The normalized spacial score (nSPS) is 18.2. The average molecular weight is 580 g/mol. The fraction of sp³-hybridized carbons (Fsp3) is 0.367. The molecule has 0 unspecified atom stereocenters. The number of carbonyl (C=O) groups is 1. The maximum atomic E-state index is 13.6. The zero-order valence-electron chi connectivity index (χ0n) is 23.8. The van der Waals surface area contributed by atoms with Crippen molar-refractivity contribution >= 4 is 23.6 Å². The van der Waals surface area contributed by atoms with Gasteiger partial charge in [-0.25, -0.2) is 14.8 Å². The van der Waals surface area contributed by atoms with E-state index in [-0.39, 0.29) is 24.2 Å². The van der Waals surface area contributed by atoms with Gasteiger partial charge in [-0.3, -0.25) is 14.6 Å². The molecule has 2 amide bonds. The van der Waals surface area contributed by atoms with E-state index < -0.39 is 0 Å². The first-order valence-corrected chi connectivity index (χ1v) is 14.4. The zero-order chi connectivity index (χ0) is 29.6. The molecule has 3 N–H and O–H groups in total. The van der Waals surface area contributed by atoms with Gasteiger partial charge in [0.25, 0.3) is 0 Å². The Hall–Kier alpha value is -5.09. The Morgan fingerprint density at radius 2 is 1.84 bits per heavy atom. The molecule has 4 aromatic rings. The smallest absolute Gasteiger partial charge is 0.323 e. The molecular weight excluding hydrogens is 546 g/mol. The van der Waals surface area contributed by atoms with E-state index in [1.807, 2.05) is 43.6 Å². The van der Waals surface area contributed by atoms with Crippen LogP contribution in [0.1, 0.15) is 36.8 Å². The Labute approximate surface area is 249 Å². The molecule has 220 valence electrons. The first kappa shape index (κ1) is 28.0. The monoisotopic (exact) mass is 579 g/mol. The first-order valence-electron chi connectivity index (χ1n) is 14.4. The Balaban J connectivity index is 1.14. The summed E-state index contributed by atoms with van der Waals surface area (Å²) in [4.78, 5) is 33.5. The van der Waals surface area contributed by atoms with Crippen LogP contribution >= 0.6 is 0 Å². The van der Waals surface area contributed by atoms with Crippen LogP contribution in [0.3, 0.4) is 0 Å². The summed E-state index contributed by atoms with van der Waals surface area (Å²) in [7, 11) is 1.85. The lowest BCUT2D eigenvalue weighted by Crippen LogP contribution is -2.49. The van der Waals surface area contributed by atoms with Gasteiger partial charge in [0.15, 0.2) is 5.82 Å². The van der Waals surface area contributed by atoms with Crippen LogP contribution in [-0.4, -0.2) is 67.1 Å². The van der Waals surface area contributed by atoms with E-state index in [0.29, 0.717) is 48.6 Å². The summed E-state index contributed by atoms with van der Waals surface area (Å²) in [6.07, 6.45) is 11.6. The number of aryl methyl sites for hydroxylation is 1. The highest BCUT2D eigenvalue weighted by Gasteiger charge is 2.31. The zero-order valence-corrected chi connectivity index (χ0v) is 23.8. The summed E-state index contributed by atoms with van der Waals surface area (Å²) in [5, 5.41) is 23.4. The van der Waals surface area contributed by atoms with Crippen LogP contribution < -0.4 is 20.9 Å². The molecule has 0 spiro atoms. The largest absolute Gasteiger partial charge is 0.377 e. The Morgan fingerprint density at radius 3 is 2.49 bits per heavy atom. The number of nitrogens with one attached hydrogen (secondary N) is 3. The van der Waals surface area contributed by atoms with Crippen LogP contribution in [0.2, 0.25) is 0 Å². The molecule has 43 heavy (non-hydrogen) atoms. The minimum atomic E-state index is -0.213. The Morgan fingerprint density at radius 1 is 1.02 bits per heavy atom. The van der Waals surface area contributed by atoms with Gasteiger partial charge in [-0.1, -0.05) is 30.3 Å². The maximum Gasteiger partial charge on any atom is 0.323 e. The van der Waals surface area contributed by atoms with E-state index in [1.165, 1.54) is 6.20 Å². The molecule has 1 aliphatic heterocycles. The Bertz CT molecular complexity index is 1570. The molecular formula is C30H33N11O2. The summed E-state index contributed by atoms with van der Waals surface area (Å²) < 4.78 is 6.94. The van der Waals surface area contributed by atoms with E-state index in [0.717, 1.165) is 36.8 Å². The third-order valence-corrected chi connectivity index (χ3v) is 7.67. The summed E-state index contributed by atoms with van der Waals surface area (Å²) in [6.45, 7) is 1.59. The highest BCUT2D eigenvalue weighted by atomic mass is 16.5. The first-order chi connectivity index (χ1) is 21.1. The lowest BCUT2D eigenvalue weighted by atomic mass is 9.90. The van der Waals surface area contributed by atoms with Crippen LogP contribution in [0, 0.1) is 11.3 Å². The van der Waals surface area contributed by atoms with Gasteiger partial charge in [0.2, 0.25) is 5.95 Å². The predicted octanol–water partition coefficient (Wildman–Crippen LogP) is 3.49. The second-order valence-corrected chi connectivity index (χ2v) is 10.8. The molecule has 1 saturated carbocycles. The number of aromatic nitrogens is 6. The molecule has 1 saturated heterocycles. The third kappa shape index (κ3) is 6.70. The third-order valence-electron chi connectivity index (χ3n) is 7.67. The molecule has 0 radical (unpaired) electrons. The number of nitrogens with zero attached hydrogens (tertiary/aromatic N) is 8. The van der Waals surface area contributed by atoms with Crippen molar-refractivity contribution in [3.05, 3.63) is 72.4 Å². The number of urea groups is 1. The van der Waals surface area contributed by atoms with Crippen molar-refractivity contribution in [2.75, 3.05) is 28.7 Å². The van der Waals surface area contributed by atoms with Crippen LogP contribution in [0.4, 0.5) is 22.4 Å². The van der Waals surface area contributed by atoms with E-state index in [1.54, 1.807) is 28.2 Å². The van der Waals surface area contributed by atoms with Gasteiger partial charge in [-0.15, -0.1) is 0 Å². The second kappa shape index (κ2) is 12.8. The predicted molar refractivity (Wildman–Crippen MR) is 160 cm³/mol. The lowest BCUT2D eigenvalue weighted by Gasteiger charge is -2.36. The summed E-state index contributed by atoms with van der Waals surface area (Å²) in [6, 6.07) is 12.0. The molecule has 13 nitrogen and oxygen atoms in total. The number of nitriles is 1. The lowest BCUT2D eigenvalue weighted by molar-refractivity contribution is 0.0209. The average Bonchev–Trinajstić information content (AvgIpc) is 3.46. The van der Waals surface area contributed by atoms with Crippen LogP contribution in [0.15, 0.2) is 61.3 Å². The van der Waals surface area contributed by atoms with Crippen molar-refractivity contribution < 1.29 is 9.53 Å². The molecule has 6 rings (SSSR count). The van der Waals surface area contributed by atoms with Gasteiger partial charge in [0, 0.05) is 37.4 Å². The maximum absolute atomic E-state index is 13.6. The van der Waals surface area contributed by atoms with Gasteiger partial charge in [-0.2, -0.15) is 15.3 Å². The van der Waals surface area contributed by atoms with Crippen molar-refractivity contribution in [1.82, 2.24) is 35.0 Å². The van der Waals surface area contributed by atoms with Crippen LogP contribution in [0.5, 0.6) is 0 Å². The molecule has 13 heteroatoms. The quantitative estimate of drug-likeness (QED) is 0.268. The number of hydrogen-bond acceptors (Lipinski definition) is 10. The molecule has 4 heterocycles. The van der Waals surface area contributed by atoms with E-state index in [4.69, 9.17) is 4.74 Å². The van der Waals surface area contributed by atoms with Gasteiger partial charge in [-0.05, 0) is 31.2 Å². The van der Waals surface area contributed by atoms with Gasteiger partial charge < -0.3 is 20.7 Å². The van der Waals surface area contributed by atoms with E-state index in [9.17, 15) is 10.1 Å². The second-order valence-electron chi connectivity index (χ2n) is 10.8. The molecule has 3 aromatic heterocycles. The molecule has 0 atom stereocenters. The number of benzene rings is 1. The minimum absolute atomic E-state index is 0.0647. The van der Waals surface area contributed by atoms with Crippen LogP contribution in [-0.2, 0) is 18.3 Å². The summed E-state index contributed by atoms with van der Waals surface area (Å²) >= 11 is 0. The molecule has 0 bridgehead atoms. The number of anilines is 3. The van der Waals surface area contributed by atoms with Gasteiger partial charge in [0.05, 0.1) is 49.7 Å². The number of amides is 2. The van der Waals surface area contributed by atoms with Gasteiger partial charge in [0.1, 0.15) is 17.5 Å². The number of hydrogen-bond donors (Lipinski definition) is 3. The van der Waals surface area contributed by atoms with Crippen molar-refractivity contribution in [1.29, 1.82) is 5.26 Å². The van der Waals surface area contributed by atoms with Crippen molar-refractivity contribution in [3.8, 4) is 17.3 Å². The fourth-order valence-corrected chi connectivity index (χ4v) is 5.28. The van der Waals surface area contributed by atoms with Crippen molar-refractivity contribution in [2.45, 2.75) is 50.4 Å². The summed E-state index contributed by atoms with van der Waals surface area (Å²) in [5.74, 6) is 1.48. The molecule has 1 aromatic carbocycles. The standard InChI is InChI=1S/C30H33N11O2/c1-40-17-22(14-36-40)26-15-33-27(16-32-26)41(30(42)35-12-20-5-3-2-4-6-20)25-9-7-23(8-10-25)38-29-34-13-21(11-31)28(39-29)37-24-18-43-19-24/h2-6,13-17,23-25H,7-10,12,18-19H2,1H3,(H,35,42)(H2,34,37,38,39). The number of ether oxygens (including phenoxy) is 1. The molecule has 1 aliphatic carbocycles. The van der Waals surface area contributed by atoms with E-state index in [2.05, 4.69) is 47.1 Å². The number of carbonyl (C=O) groups excluding carboxylic acids is 1. The van der Waals surface area contributed by atoms with Crippen LogP contribution in [0.25, 0.3) is 11.3 Å². The highest BCUT2D eigenvalue weighted by Crippen LogP contribution is 2.29. The molecule has 2 aliphatic rings. The fourth-order valence-electron chi connectivity index (χ4n) is 5.28. The minimum Gasteiger partial charge on any atom is -0.377 e. The summed E-state index contributed by atoms with van der Waals surface area (Å²) in [5.41, 5.74) is 2.96. The number of rotatable bonds is 9. The van der Waals surface area contributed by atoms with Crippen molar-refractivity contribution in [2.24, 2.45) is 7.05 Å². The van der Waals surface area contributed by atoms with Gasteiger partial charge >= 0.3 is 6.03 Å².